The molecule has 8 heteroatoms. The maximum Gasteiger partial charge on any atom is 0.266 e. The van der Waals surface area contributed by atoms with E-state index in [1.807, 2.05) is 38.1 Å². The molecular weight excluding hydrogens is 449 g/mol. The van der Waals surface area contributed by atoms with Crippen molar-refractivity contribution in [1.82, 2.24) is 0 Å². The fourth-order valence-corrected chi connectivity index (χ4v) is 3.22. The number of hydrogen-bond acceptors (Lipinski definition) is 5. The second-order valence-corrected chi connectivity index (χ2v) is 7.70. The predicted octanol–water partition coefficient (Wildman–Crippen LogP) is 5.01. The summed E-state index contributed by atoms with van der Waals surface area (Å²) in [6.45, 7) is 3.65. The number of carbonyl (C=O) groups excluding carboxylic acids is 2. The van der Waals surface area contributed by atoms with E-state index in [2.05, 4.69) is 10.6 Å². The van der Waals surface area contributed by atoms with Crippen LogP contribution >= 0.6 is 0 Å². The third-order valence-electron chi connectivity index (χ3n) is 4.98. The fraction of sp³-hybridized carbons (Fsp3) is 0.148. The Labute approximate surface area is 202 Å². The Kier molecular flexibility index (Phi) is 8.20. The molecule has 0 bridgehead atoms. The molecule has 0 atom stereocenters. The normalized spacial score (nSPS) is 10.8. The summed E-state index contributed by atoms with van der Waals surface area (Å²) in [5, 5.41) is 14.8. The molecule has 2 N–H and O–H groups in total. The topological polar surface area (TPSA) is 100 Å². The molecule has 0 saturated carbocycles. The van der Waals surface area contributed by atoms with Crippen LogP contribution in [-0.2, 0) is 9.59 Å². The zero-order valence-electron chi connectivity index (χ0n) is 19.5. The van der Waals surface area contributed by atoms with Gasteiger partial charge in [0.05, 0.1) is 7.11 Å². The third kappa shape index (κ3) is 6.92. The van der Waals surface area contributed by atoms with Crippen LogP contribution in [0.4, 0.5) is 15.8 Å². The maximum atomic E-state index is 13.0. The van der Waals surface area contributed by atoms with Crippen molar-refractivity contribution in [3.05, 3.63) is 88.7 Å². The third-order valence-corrected chi connectivity index (χ3v) is 4.98. The number of amides is 2. The van der Waals surface area contributed by atoms with Crippen molar-refractivity contribution in [3.63, 3.8) is 0 Å². The number of halogens is 1. The first kappa shape index (κ1) is 25.0. The summed E-state index contributed by atoms with van der Waals surface area (Å²) in [7, 11) is 1.44. The van der Waals surface area contributed by atoms with Gasteiger partial charge in [-0.1, -0.05) is 23.8 Å². The van der Waals surface area contributed by atoms with Gasteiger partial charge >= 0.3 is 0 Å². The molecule has 0 spiro atoms. The van der Waals surface area contributed by atoms with E-state index >= 15 is 0 Å². The Morgan fingerprint density at radius 1 is 1.00 bits per heavy atom. The van der Waals surface area contributed by atoms with Crippen LogP contribution in [0.15, 0.2) is 66.2 Å². The van der Waals surface area contributed by atoms with Crippen LogP contribution in [0.1, 0.15) is 16.7 Å². The first-order chi connectivity index (χ1) is 16.8. The minimum Gasteiger partial charge on any atom is -0.493 e. The minimum absolute atomic E-state index is 0.155. The average molecular weight is 474 g/mol. The Balaban J connectivity index is 1.67. The van der Waals surface area contributed by atoms with Gasteiger partial charge < -0.3 is 20.1 Å². The average Bonchev–Trinajstić information content (AvgIpc) is 2.84. The molecule has 35 heavy (non-hydrogen) atoms. The lowest BCUT2D eigenvalue weighted by Gasteiger charge is -2.13. The Morgan fingerprint density at radius 2 is 1.74 bits per heavy atom. The number of carbonyl (C=O) groups is 2. The zero-order valence-corrected chi connectivity index (χ0v) is 19.5. The van der Waals surface area contributed by atoms with Crippen molar-refractivity contribution in [3.8, 4) is 17.6 Å². The first-order valence-corrected chi connectivity index (χ1v) is 10.7. The first-order valence-electron chi connectivity index (χ1n) is 10.7. The molecule has 3 aromatic rings. The Bertz CT molecular complexity index is 1310. The molecule has 0 aliphatic heterocycles. The van der Waals surface area contributed by atoms with E-state index < -0.39 is 11.7 Å². The highest BCUT2D eigenvalue weighted by Crippen LogP contribution is 2.29. The van der Waals surface area contributed by atoms with E-state index in [1.54, 1.807) is 18.2 Å². The number of methoxy groups -OCH3 is 1. The summed E-state index contributed by atoms with van der Waals surface area (Å²) in [4.78, 5) is 24.8. The molecule has 0 aromatic heterocycles. The number of rotatable bonds is 8. The van der Waals surface area contributed by atoms with Gasteiger partial charge in [-0.05, 0) is 73.5 Å². The minimum atomic E-state index is -0.638. The van der Waals surface area contributed by atoms with Gasteiger partial charge in [0.1, 0.15) is 17.5 Å². The van der Waals surface area contributed by atoms with Gasteiger partial charge in [-0.3, -0.25) is 9.59 Å². The molecule has 178 valence electrons. The van der Waals surface area contributed by atoms with Crippen LogP contribution < -0.4 is 20.1 Å². The largest absolute Gasteiger partial charge is 0.493 e. The summed E-state index contributed by atoms with van der Waals surface area (Å²) in [5.41, 5.74) is 3.47. The maximum absolute atomic E-state index is 13.0. The summed E-state index contributed by atoms with van der Waals surface area (Å²) < 4.78 is 24.0. The number of aryl methyl sites for hydroxylation is 2. The van der Waals surface area contributed by atoms with Gasteiger partial charge in [-0.25, -0.2) is 4.39 Å². The van der Waals surface area contributed by atoms with E-state index in [1.165, 1.54) is 37.5 Å². The molecule has 7 nitrogen and oxygen atoms in total. The zero-order chi connectivity index (χ0) is 25.4. The molecule has 0 aliphatic rings. The van der Waals surface area contributed by atoms with Gasteiger partial charge in [-0.2, -0.15) is 5.26 Å². The number of nitrogens with one attached hydrogen (secondary N) is 2. The van der Waals surface area contributed by atoms with E-state index in [9.17, 15) is 19.2 Å². The lowest BCUT2D eigenvalue weighted by molar-refractivity contribution is -0.118. The number of anilines is 2. The van der Waals surface area contributed by atoms with Crippen LogP contribution in [0.25, 0.3) is 6.08 Å². The van der Waals surface area contributed by atoms with Gasteiger partial charge in [0, 0.05) is 11.4 Å². The van der Waals surface area contributed by atoms with E-state index in [-0.39, 0.29) is 18.1 Å². The molecule has 0 heterocycles. The summed E-state index contributed by atoms with van der Waals surface area (Å²) in [6, 6.07) is 17.6. The van der Waals surface area contributed by atoms with Crippen molar-refractivity contribution >= 4 is 29.3 Å². The molecule has 2 amide bonds. The number of nitriles is 1. The Morgan fingerprint density at radius 3 is 2.40 bits per heavy atom. The van der Waals surface area contributed by atoms with Crippen molar-refractivity contribution in [2.24, 2.45) is 0 Å². The summed E-state index contributed by atoms with van der Waals surface area (Å²) >= 11 is 0. The number of hydrogen-bond donors (Lipinski definition) is 2. The number of nitrogens with zero attached hydrogens (tertiary/aromatic N) is 1. The van der Waals surface area contributed by atoms with Crippen LogP contribution in [0.3, 0.4) is 0 Å². The molecule has 0 unspecified atom stereocenters. The molecule has 3 rings (SSSR count). The quantitative estimate of drug-likeness (QED) is 0.354. The van der Waals surface area contributed by atoms with Crippen LogP contribution in [0.5, 0.6) is 11.5 Å². The van der Waals surface area contributed by atoms with Gasteiger partial charge in [0.25, 0.3) is 11.8 Å². The second-order valence-electron chi connectivity index (χ2n) is 7.70. The van der Waals surface area contributed by atoms with E-state index in [0.717, 1.165) is 11.1 Å². The molecule has 0 fully saturated rings. The lowest BCUT2D eigenvalue weighted by atomic mass is 10.1. The second kappa shape index (κ2) is 11.5. The highest BCUT2D eigenvalue weighted by Gasteiger charge is 2.13. The van der Waals surface area contributed by atoms with Crippen molar-refractivity contribution in [2.45, 2.75) is 13.8 Å². The van der Waals surface area contributed by atoms with Gasteiger partial charge in [-0.15, -0.1) is 0 Å². The monoisotopic (exact) mass is 473 g/mol. The predicted molar refractivity (Wildman–Crippen MR) is 132 cm³/mol. The highest BCUT2D eigenvalue weighted by molar-refractivity contribution is 6.09. The standard InChI is InChI=1S/C27H24FN3O4/c1-17-4-10-23(18(2)12-17)31-26(32)16-35-24-11-5-19(14-25(24)34-3)13-20(15-29)27(33)30-22-8-6-21(28)7-9-22/h4-14H,16H2,1-3H3,(H,30,33)(H,31,32)/b20-13+. The van der Waals surface area contributed by atoms with Crippen LogP contribution in [0.2, 0.25) is 0 Å². The van der Waals surface area contributed by atoms with E-state index in [4.69, 9.17) is 9.47 Å². The smallest absolute Gasteiger partial charge is 0.266 e. The lowest BCUT2D eigenvalue weighted by Crippen LogP contribution is -2.20. The van der Waals surface area contributed by atoms with E-state index in [0.29, 0.717) is 28.4 Å². The highest BCUT2D eigenvalue weighted by atomic mass is 19.1. The molecule has 0 radical (unpaired) electrons. The molecule has 0 saturated heterocycles. The molecule has 0 aliphatic carbocycles. The molecular formula is C27H24FN3O4. The van der Waals surface area contributed by atoms with Crippen molar-refractivity contribution < 1.29 is 23.5 Å². The van der Waals surface area contributed by atoms with Crippen LogP contribution in [-0.4, -0.2) is 25.5 Å². The molecule has 3 aromatic carbocycles. The van der Waals surface area contributed by atoms with Crippen LogP contribution in [0, 0.1) is 31.0 Å². The summed E-state index contributed by atoms with van der Waals surface area (Å²) in [5.74, 6) is -0.742. The van der Waals surface area contributed by atoms with Crippen molar-refractivity contribution in [1.29, 1.82) is 5.26 Å². The fourth-order valence-electron chi connectivity index (χ4n) is 3.22. The number of benzene rings is 3. The SMILES string of the molecule is COc1cc(/C=C(\C#N)C(=O)Nc2ccc(F)cc2)ccc1OCC(=O)Nc1ccc(C)cc1C. The van der Waals surface area contributed by atoms with Gasteiger partial charge in [0.2, 0.25) is 0 Å². The summed E-state index contributed by atoms with van der Waals surface area (Å²) in [6.07, 6.45) is 1.39. The van der Waals surface area contributed by atoms with Gasteiger partial charge in [0.15, 0.2) is 18.1 Å². The number of ether oxygens (including phenoxy) is 2. The van der Waals surface area contributed by atoms with Crippen molar-refractivity contribution in [2.75, 3.05) is 24.4 Å². The Hall–Kier alpha value is -4.64.